The molecule has 3 rings (SSSR count). The van der Waals surface area contributed by atoms with Gasteiger partial charge in [-0.2, -0.15) is 0 Å². The summed E-state index contributed by atoms with van der Waals surface area (Å²) in [4.78, 5) is 32.4. The Kier molecular flexibility index (Phi) is 6.04. The monoisotopic (exact) mass is 371 g/mol. The Hall–Kier alpha value is -2.50. The molecule has 1 aromatic heterocycles. The fraction of sp³-hybridized carbons (Fsp3) is 0.476. The van der Waals surface area contributed by atoms with Gasteiger partial charge in [0.1, 0.15) is 11.6 Å². The summed E-state index contributed by atoms with van der Waals surface area (Å²) in [6.45, 7) is 4.95. The number of carbonyl (C=O) groups is 1. The summed E-state index contributed by atoms with van der Waals surface area (Å²) in [5, 5.41) is 3.01. The highest BCUT2D eigenvalue weighted by molar-refractivity contribution is 5.78. The van der Waals surface area contributed by atoms with Gasteiger partial charge in [-0.1, -0.05) is 13.8 Å². The highest BCUT2D eigenvalue weighted by Crippen LogP contribution is 2.23. The molecular weight excluding hydrogens is 345 g/mol. The van der Waals surface area contributed by atoms with E-state index in [9.17, 15) is 14.0 Å². The first-order chi connectivity index (χ1) is 12.9. The van der Waals surface area contributed by atoms with Gasteiger partial charge in [-0.25, -0.2) is 9.37 Å². The summed E-state index contributed by atoms with van der Waals surface area (Å²) in [6, 6.07) is 5.89. The van der Waals surface area contributed by atoms with Gasteiger partial charge in [0.15, 0.2) is 0 Å². The van der Waals surface area contributed by atoms with Gasteiger partial charge in [-0.05, 0) is 62.3 Å². The minimum atomic E-state index is -0.331. The minimum absolute atomic E-state index is 0.0682. The number of nitrogens with one attached hydrogen (secondary N) is 2. The lowest BCUT2D eigenvalue weighted by atomic mass is 9.98. The fourth-order valence-electron chi connectivity index (χ4n) is 3.42. The molecule has 1 heterocycles. The van der Waals surface area contributed by atoms with Gasteiger partial charge in [-0.15, -0.1) is 0 Å². The van der Waals surface area contributed by atoms with E-state index < -0.39 is 0 Å². The van der Waals surface area contributed by atoms with Crippen molar-refractivity contribution in [2.75, 3.05) is 6.54 Å². The smallest absolute Gasteiger partial charge is 0.254 e. The van der Waals surface area contributed by atoms with E-state index in [0.717, 1.165) is 12.1 Å². The predicted molar refractivity (Wildman–Crippen MR) is 103 cm³/mol. The Morgan fingerprint density at radius 2 is 1.96 bits per heavy atom. The maximum absolute atomic E-state index is 13.1. The molecule has 1 atom stereocenters. The zero-order valence-electron chi connectivity index (χ0n) is 15.8. The molecule has 0 bridgehead atoms. The van der Waals surface area contributed by atoms with Crippen LogP contribution in [0, 0.1) is 17.7 Å². The number of aromatic amines is 1. The summed E-state index contributed by atoms with van der Waals surface area (Å²) in [5.41, 5.74) is 1.91. The quantitative estimate of drug-likeness (QED) is 0.793. The van der Waals surface area contributed by atoms with Crippen LogP contribution >= 0.6 is 0 Å². The second kappa shape index (κ2) is 8.46. The third kappa shape index (κ3) is 4.81. The molecule has 1 aliphatic rings. The van der Waals surface area contributed by atoms with Crippen LogP contribution in [0.2, 0.25) is 0 Å². The summed E-state index contributed by atoms with van der Waals surface area (Å²) < 4.78 is 13.1. The highest BCUT2D eigenvalue weighted by Gasteiger charge is 2.25. The van der Waals surface area contributed by atoms with E-state index in [1.54, 1.807) is 12.1 Å². The Labute approximate surface area is 158 Å². The van der Waals surface area contributed by atoms with Crippen LogP contribution in [0.4, 0.5) is 4.39 Å². The SMILES string of the molecule is CC(C)CCNC(=O)C1CCc2nc(-c3ccc(F)cc3)[nH]c(=O)c2CC1. The number of carbonyl (C=O) groups excluding carboxylic acids is 1. The Bertz CT molecular complexity index is 859. The number of halogens is 1. The van der Waals surface area contributed by atoms with Crippen molar-refractivity contribution in [2.45, 2.75) is 46.0 Å². The first kappa shape index (κ1) is 19.3. The van der Waals surface area contributed by atoms with Crippen molar-refractivity contribution in [1.82, 2.24) is 15.3 Å². The molecule has 5 nitrogen and oxygen atoms in total. The summed E-state index contributed by atoms with van der Waals surface area (Å²) >= 11 is 0. The third-order valence-corrected chi connectivity index (χ3v) is 5.08. The number of amides is 1. The van der Waals surface area contributed by atoms with Gasteiger partial charge < -0.3 is 10.3 Å². The maximum Gasteiger partial charge on any atom is 0.254 e. The van der Waals surface area contributed by atoms with Crippen molar-refractivity contribution in [3.8, 4) is 11.4 Å². The van der Waals surface area contributed by atoms with Crippen LogP contribution in [0.15, 0.2) is 29.1 Å². The predicted octanol–water partition coefficient (Wildman–Crippen LogP) is 3.23. The van der Waals surface area contributed by atoms with Gasteiger partial charge in [-0.3, -0.25) is 9.59 Å². The molecule has 1 aromatic carbocycles. The number of benzene rings is 1. The number of rotatable bonds is 5. The molecule has 27 heavy (non-hydrogen) atoms. The van der Waals surface area contributed by atoms with E-state index in [1.807, 2.05) is 0 Å². The third-order valence-electron chi connectivity index (χ3n) is 5.08. The number of hydrogen-bond donors (Lipinski definition) is 2. The summed E-state index contributed by atoms with van der Waals surface area (Å²) in [6.07, 6.45) is 3.43. The molecule has 2 aromatic rings. The molecule has 0 fully saturated rings. The second-order valence-corrected chi connectivity index (χ2v) is 7.59. The number of aryl methyl sites for hydroxylation is 1. The average Bonchev–Trinajstić information content (AvgIpc) is 2.85. The van der Waals surface area contributed by atoms with Crippen molar-refractivity contribution in [1.29, 1.82) is 0 Å². The molecule has 0 radical (unpaired) electrons. The first-order valence-electron chi connectivity index (χ1n) is 9.59. The molecular formula is C21H26FN3O2. The van der Waals surface area contributed by atoms with Crippen LogP contribution in [0.25, 0.3) is 11.4 Å². The van der Waals surface area contributed by atoms with Gasteiger partial charge in [0.2, 0.25) is 5.91 Å². The van der Waals surface area contributed by atoms with Crippen molar-refractivity contribution >= 4 is 5.91 Å². The fourth-order valence-corrected chi connectivity index (χ4v) is 3.42. The zero-order valence-corrected chi connectivity index (χ0v) is 15.8. The lowest BCUT2D eigenvalue weighted by Crippen LogP contribution is -2.32. The standard InChI is InChI=1S/C21H26FN3O2/c1-13(2)11-12-23-20(26)15-5-9-17-18(10-6-15)24-19(25-21(17)27)14-3-7-16(22)8-4-14/h3-4,7-8,13,15H,5-6,9-12H2,1-2H3,(H,23,26)(H,24,25,27). The molecule has 6 heteroatoms. The Balaban J connectivity index is 1.73. The molecule has 144 valence electrons. The van der Waals surface area contributed by atoms with E-state index in [0.29, 0.717) is 55.1 Å². The van der Waals surface area contributed by atoms with Crippen molar-refractivity contribution in [2.24, 2.45) is 11.8 Å². The van der Waals surface area contributed by atoms with Gasteiger partial charge in [0, 0.05) is 23.6 Å². The van der Waals surface area contributed by atoms with Crippen LogP contribution in [0.5, 0.6) is 0 Å². The van der Waals surface area contributed by atoms with Gasteiger partial charge in [0.05, 0.1) is 5.69 Å². The van der Waals surface area contributed by atoms with Crippen molar-refractivity contribution in [3.05, 3.63) is 51.7 Å². The molecule has 1 aliphatic carbocycles. The number of fused-ring (bicyclic) bond motifs is 1. The van der Waals surface area contributed by atoms with E-state index in [4.69, 9.17) is 0 Å². The van der Waals surface area contributed by atoms with Crippen molar-refractivity contribution < 1.29 is 9.18 Å². The van der Waals surface area contributed by atoms with Crippen LogP contribution in [-0.2, 0) is 17.6 Å². The van der Waals surface area contributed by atoms with Crippen LogP contribution < -0.4 is 10.9 Å². The molecule has 2 N–H and O–H groups in total. The largest absolute Gasteiger partial charge is 0.356 e. The number of hydrogen-bond acceptors (Lipinski definition) is 3. The number of nitrogens with zero attached hydrogens (tertiary/aromatic N) is 1. The van der Waals surface area contributed by atoms with Crippen LogP contribution in [0.1, 0.15) is 44.4 Å². The van der Waals surface area contributed by atoms with E-state index in [-0.39, 0.29) is 23.2 Å². The number of aromatic nitrogens is 2. The Morgan fingerprint density at radius 3 is 2.67 bits per heavy atom. The van der Waals surface area contributed by atoms with E-state index >= 15 is 0 Å². The highest BCUT2D eigenvalue weighted by atomic mass is 19.1. The zero-order chi connectivity index (χ0) is 19.4. The van der Waals surface area contributed by atoms with Crippen LogP contribution in [-0.4, -0.2) is 22.4 Å². The molecule has 0 saturated carbocycles. The average molecular weight is 371 g/mol. The lowest BCUT2D eigenvalue weighted by molar-refractivity contribution is -0.125. The van der Waals surface area contributed by atoms with Gasteiger partial charge in [0.25, 0.3) is 5.56 Å². The second-order valence-electron chi connectivity index (χ2n) is 7.59. The number of H-pyrrole nitrogens is 1. The topological polar surface area (TPSA) is 74.8 Å². The normalized spacial score (nSPS) is 16.7. The molecule has 0 saturated heterocycles. The van der Waals surface area contributed by atoms with Crippen LogP contribution in [0.3, 0.4) is 0 Å². The molecule has 0 spiro atoms. The molecule has 1 unspecified atom stereocenters. The first-order valence-corrected chi connectivity index (χ1v) is 9.59. The summed E-state index contributed by atoms with van der Waals surface area (Å²) in [5.74, 6) is 0.635. The van der Waals surface area contributed by atoms with E-state index in [2.05, 4.69) is 29.1 Å². The maximum atomic E-state index is 13.1. The van der Waals surface area contributed by atoms with E-state index in [1.165, 1.54) is 12.1 Å². The lowest BCUT2D eigenvalue weighted by Gasteiger charge is -2.14. The van der Waals surface area contributed by atoms with Crippen molar-refractivity contribution in [3.63, 3.8) is 0 Å². The minimum Gasteiger partial charge on any atom is -0.356 e. The molecule has 0 aliphatic heterocycles. The molecule has 1 amide bonds. The summed E-state index contributed by atoms with van der Waals surface area (Å²) in [7, 11) is 0. The van der Waals surface area contributed by atoms with Gasteiger partial charge >= 0.3 is 0 Å². The Morgan fingerprint density at radius 1 is 1.26 bits per heavy atom.